The molecule has 0 saturated carbocycles. The predicted molar refractivity (Wildman–Crippen MR) is 123 cm³/mol. The van der Waals surface area contributed by atoms with E-state index in [-0.39, 0.29) is 11.6 Å². The van der Waals surface area contributed by atoms with Crippen LogP contribution >= 0.6 is 22.7 Å². The van der Waals surface area contributed by atoms with Gasteiger partial charge in [0.1, 0.15) is 0 Å². The summed E-state index contributed by atoms with van der Waals surface area (Å²) in [6, 6.07) is 4.00. The Labute approximate surface area is 176 Å². The summed E-state index contributed by atoms with van der Waals surface area (Å²) in [6.07, 6.45) is 11.9. The van der Waals surface area contributed by atoms with Crippen LogP contribution < -0.4 is 0 Å². The van der Waals surface area contributed by atoms with Crippen molar-refractivity contribution in [3.63, 3.8) is 0 Å². The van der Waals surface area contributed by atoms with Crippen molar-refractivity contribution in [1.82, 2.24) is 0 Å². The second-order valence-corrected chi connectivity index (χ2v) is 9.47. The molecule has 4 heteroatoms. The van der Waals surface area contributed by atoms with E-state index in [1.54, 1.807) is 29.6 Å². The molecule has 0 aliphatic rings. The Morgan fingerprint density at radius 1 is 0.750 bits per heavy atom. The molecule has 0 radical (unpaired) electrons. The van der Waals surface area contributed by atoms with Crippen LogP contribution in [0.2, 0.25) is 0 Å². The van der Waals surface area contributed by atoms with E-state index in [4.69, 9.17) is 0 Å². The third-order valence-corrected chi connectivity index (χ3v) is 7.33. The van der Waals surface area contributed by atoms with Gasteiger partial charge in [-0.1, -0.05) is 58.3 Å². The number of hydrogen-bond donors (Lipinski definition) is 0. The van der Waals surface area contributed by atoms with Crippen LogP contribution in [0.15, 0.2) is 22.9 Å². The van der Waals surface area contributed by atoms with Gasteiger partial charge in [-0.2, -0.15) is 0 Å². The molecule has 0 N–H and O–H groups in total. The number of carbonyl (C=O) groups excluding carboxylic acids is 2. The van der Waals surface area contributed by atoms with Gasteiger partial charge in [0.25, 0.3) is 0 Å². The number of ketones is 2. The SMILES string of the molecule is CCCCCCCCCCCC(=O)c1c2ccsc2c(C(C)=O)c2ccsc12. The quantitative estimate of drug-likeness (QED) is 0.220. The highest BCUT2D eigenvalue weighted by Gasteiger charge is 2.22. The predicted octanol–water partition coefficient (Wildman–Crippen LogP) is 8.42. The molecular weight excluding hydrogens is 384 g/mol. The van der Waals surface area contributed by atoms with Gasteiger partial charge >= 0.3 is 0 Å². The fourth-order valence-corrected chi connectivity index (χ4v) is 5.98. The minimum atomic E-state index is 0.0776. The topological polar surface area (TPSA) is 34.1 Å². The van der Waals surface area contributed by atoms with Gasteiger partial charge in [-0.25, -0.2) is 0 Å². The normalized spacial score (nSPS) is 11.5. The first-order valence-corrected chi connectivity index (χ1v) is 12.4. The van der Waals surface area contributed by atoms with Crippen LogP contribution in [0.5, 0.6) is 0 Å². The van der Waals surface area contributed by atoms with Gasteiger partial charge in [-0.15, -0.1) is 22.7 Å². The zero-order valence-corrected chi connectivity index (χ0v) is 18.6. The number of unbranched alkanes of at least 4 members (excludes halogenated alkanes) is 8. The van der Waals surface area contributed by atoms with Crippen molar-refractivity contribution >= 4 is 54.4 Å². The van der Waals surface area contributed by atoms with Gasteiger partial charge in [0, 0.05) is 37.7 Å². The maximum atomic E-state index is 13.1. The first kappa shape index (κ1) is 21.2. The standard InChI is InChI=1S/C24H30O2S2/c1-3-4-5-6-7-8-9-10-11-12-20(26)22-19-14-16-27-23(19)21(17(2)25)18-13-15-28-24(18)22/h13-16H,3-12H2,1-2H3. The van der Waals surface area contributed by atoms with Gasteiger partial charge in [-0.05, 0) is 36.2 Å². The smallest absolute Gasteiger partial charge is 0.164 e. The van der Waals surface area contributed by atoms with Crippen LogP contribution in [0.4, 0.5) is 0 Å². The Morgan fingerprint density at radius 3 is 1.82 bits per heavy atom. The Kier molecular flexibility index (Phi) is 7.81. The van der Waals surface area contributed by atoms with Crippen molar-refractivity contribution in [2.45, 2.75) is 78.1 Å². The highest BCUT2D eigenvalue weighted by atomic mass is 32.1. The van der Waals surface area contributed by atoms with Crippen molar-refractivity contribution in [1.29, 1.82) is 0 Å². The number of fused-ring (bicyclic) bond motifs is 2. The molecule has 0 unspecified atom stereocenters. The minimum Gasteiger partial charge on any atom is -0.294 e. The minimum absolute atomic E-state index is 0.0776. The van der Waals surface area contributed by atoms with Gasteiger partial charge < -0.3 is 0 Å². The van der Waals surface area contributed by atoms with Crippen molar-refractivity contribution in [2.24, 2.45) is 0 Å². The second-order valence-electron chi connectivity index (χ2n) is 7.63. The molecule has 0 atom stereocenters. The number of Topliss-reactive ketones (excluding diaryl/α,β-unsaturated/α-hetero) is 2. The summed E-state index contributed by atoms with van der Waals surface area (Å²) in [6.45, 7) is 3.87. The van der Waals surface area contributed by atoms with Crippen LogP contribution in [-0.2, 0) is 0 Å². The van der Waals surface area contributed by atoms with E-state index in [1.807, 2.05) is 22.9 Å². The monoisotopic (exact) mass is 414 g/mol. The van der Waals surface area contributed by atoms with E-state index in [0.29, 0.717) is 6.42 Å². The lowest BCUT2D eigenvalue weighted by atomic mass is 9.95. The Morgan fingerprint density at radius 2 is 1.25 bits per heavy atom. The van der Waals surface area contributed by atoms with Crippen LogP contribution in [0.25, 0.3) is 20.2 Å². The summed E-state index contributed by atoms with van der Waals surface area (Å²) in [4.78, 5) is 25.3. The fourth-order valence-electron chi connectivity index (χ4n) is 3.99. The summed E-state index contributed by atoms with van der Waals surface area (Å²) in [5.74, 6) is 0.308. The average molecular weight is 415 g/mol. The molecule has 150 valence electrons. The molecule has 0 saturated heterocycles. The molecule has 3 aromatic rings. The van der Waals surface area contributed by atoms with Crippen LogP contribution in [0, 0.1) is 0 Å². The molecule has 28 heavy (non-hydrogen) atoms. The maximum absolute atomic E-state index is 13.1. The maximum Gasteiger partial charge on any atom is 0.164 e. The lowest BCUT2D eigenvalue weighted by Crippen LogP contribution is -2.03. The van der Waals surface area contributed by atoms with Gasteiger partial charge in [0.05, 0.1) is 0 Å². The van der Waals surface area contributed by atoms with Crippen molar-refractivity contribution in [3.05, 3.63) is 34.0 Å². The summed E-state index contributed by atoms with van der Waals surface area (Å²) in [7, 11) is 0. The van der Waals surface area contributed by atoms with E-state index < -0.39 is 0 Å². The van der Waals surface area contributed by atoms with Crippen molar-refractivity contribution in [3.8, 4) is 0 Å². The van der Waals surface area contributed by atoms with E-state index in [9.17, 15) is 9.59 Å². The first-order valence-electron chi connectivity index (χ1n) is 10.6. The second kappa shape index (κ2) is 10.3. The van der Waals surface area contributed by atoms with Crippen LogP contribution in [-0.4, -0.2) is 11.6 Å². The molecule has 2 heterocycles. The number of rotatable bonds is 12. The molecular formula is C24H30O2S2. The zero-order chi connectivity index (χ0) is 19.9. The van der Waals surface area contributed by atoms with Crippen LogP contribution in [0.3, 0.4) is 0 Å². The first-order chi connectivity index (χ1) is 13.6. The molecule has 3 rings (SSSR count). The molecule has 0 aliphatic heterocycles. The summed E-state index contributed by atoms with van der Waals surface area (Å²) >= 11 is 3.15. The number of hydrogen-bond acceptors (Lipinski definition) is 4. The van der Waals surface area contributed by atoms with Crippen LogP contribution in [0.1, 0.15) is 98.8 Å². The fraction of sp³-hybridized carbons (Fsp3) is 0.500. The van der Waals surface area contributed by atoms with Gasteiger partial charge in [0.2, 0.25) is 0 Å². The van der Waals surface area contributed by atoms with Gasteiger partial charge in [-0.3, -0.25) is 9.59 Å². The molecule has 0 fully saturated rings. The van der Waals surface area contributed by atoms with E-state index in [2.05, 4.69) is 6.92 Å². The highest BCUT2D eigenvalue weighted by molar-refractivity contribution is 7.19. The molecule has 0 spiro atoms. The van der Waals surface area contributed by atoms with Gasteiger partial charge in [0.15, 0.2) is 11.6 Å². The highest BCUT2D eigenvalue weighted by Crippen LogP contribution is 2.39. The number of carbonyl (C=O) groups is 2. The third kappa shape index (κ3) is 4.72. The third-order valence-electron chi connectivity index (χ3n) is 5.46. The van der Waals surface area contributed by atoms with E-state index >= 15 is 0 Å². The number of thiophene rings is 2. The Bertz CT molecular complexity index is 896. The average Bonchev–Trinajstić information content (AvgIpc) is 3.33. The van der Waals surface area contributed by atoms with E-state index in [1.165, 1.54) is 44.9 Å². The Balaban J connectivity index is 1.64. The zero-order valence-electron chi connectivity index (χ0n) is 17.0. The summed E-state index contributed by atoms with van der Waals surface area (Å²) in [5.41, 5.74) is 1.62. The molecule has 0 aliphatic carbocycles. The van der Waals surface area contributed by atoms with Crippen molar-refractivity contribution in [2.75, 3.05) is 0 Å². The van der Waals surface area contributed by atoms with Crippen molar-refractivity contribution < 1.29 is 9.59 Å². The lowest BCUT2D eigenvalue weighted by Gasteiger charge is -2.09. The molecule has 0 bridgehead atoms. The molecule has 0 amide bonds. The molecule has 2 aromatic heterocycles. The number of benzene rings is 1. The van der Waals surface area contributed by atoms with E-state index in [0.717, 1.165) is 44.1 Å². The molecule has 2 nitrogen and oxygen atoms in total. The summed E-state index contributed by atoms with van der Waals surface area (Å²) in [5, 5.41) is 5.90. The largest absolute Gasteiger partial charge is 0.294 e. The molecule has 1 aromatic carbocycles. The lowest BCUT2D eigenvalue weighted by molar-refractivity contribution is 0.0979. The summed E-state index contributed by atoms with van der Waals surface area (Å²) < 4.78 is 1.95. The Hall–Kier alpha value is -1.52.